The second-order valence-corrected chi connectivity index (χ2v) is 8.74. The molecule has 1 saturated heterocycles. The Kier molecular flexibility index (Phi) is 6.35. The Morgan fingerprint density at radius 1 is 0.903 bits per heavy atom. The van der Waals surface area contributed by atoms with Crippen LogP contribution in [0.2, 0.25) is 0 Å². The molecule has 0 bridgehead atoms. The van der Waals surface area contributed by atoms with E-state index in [0.29, 0.717) is 17.2 Å². The average Bonchev–Trinajstić information content (AvgIpc) is 2.77. The highest BCUT2D eigenvalue weighted by atomic mass is 32.2. The molecule has 1 amide bonds. The van der Waals surface area contributed by atoms with Gasteiger partial charge in [0.1, 0.15) is 11.5 Å². The smallest absolute Gasteiger partial charge is 0.471 e. The fourth-order valence-corrected chi connectivity index (χ4v) is 4.59. The van der Waals surface area contributed by atoms with E-state index in [1.807, 2.05) is 0 Å². The van der Waals surface area contributed by atoms with E-state index in [4.69, 9.17) is 9.47 Å². The first kappa shape index (κ1) is 22.7. The van der Waals surface area contributed by atoms with Crippen molar-refractivity contribution in [2.45, 2.75) is 16.0 Å². The fourth-order valence-electron chi connectivity index (χ4n) is 3.30. The molecule has 168 valence electrons. The van der Waals surface area contributed by atoms with Gasteiger partial charge in [-0.2, -0.15) is 13.2 Å². The van der Waals surface area contributed by atoms with Crippen molar-refractivity contribution in [2.24, 2.45) is 0 Å². The number of hydrogen-bond acceptors (Lipinski definition) is 6. The maximum Gasteiger partial charge on any atom is 0.471 e. The van der Waals surface area contributed by atoms with Gasteiger partial charge >= 0.3 is 12.1 Å². The van der Waals surface area contributed by atoms with Gasteiger partial charge in [-0.15, -0.1) is 0 Å². The van der Waals surface area contributed by atoms with Crippen molar-refractivity contribution in [3.8, 4) is 11.5 Å². The van der Waals surface area contributed by atoms with Crippen LogP contribution in [0.5, 0.6) is 11.5 Å². The maximum absolute atomic E-state index is 13.0. The average molecular weight is 458 g/mol. The molecule has 0 atom stereocenters. The van der Waals surface area contributed by atoms with Crippen molar-refractivity contribution < 1.29 is 35.9 Å². The molecule has 11 heteroatoms. The highest BCUT2D eigenvalue weighted by Crippen LogP contribution is 2.34. The minimum Gasteiger partial charge on any atom is -0.497 e. The maximum atomic E-state index is 13.0. The van der Waals surface area contributed by atoms with Crippen LogP contribution in [-0.4, -0.2) is 65.8 Å². The lowest BCUT2D eigenvalue weighted by atomic mass is 10.2. The van der Waals surface area contributed by atoms with E-state index >= 15 is 0 Å². The van der Waals surface area contributed by atoms with Gasteiger partial charge in [-0.25, -0.2) is 8.42 Å². The molecular weight excluding hydrogens is 437 g/mol. The number of hydrogen-bond donors (Lipinski definition) is 0. The summed E-state index contributed by atoms with van der Waals surface area (Å²) in [7, 11) is -0.955. The van der Waals surface area contributed by atoms with Gasteiger partial charge in [0.05, 0.1) is 29.7 Å². The third-order valence-corrected chi connectivity index (χ3v) is 6.75. The number of sulfone groups is 1. The van der Waals surface area contributed by atoms with E-state index in [9.17, 15) is 26.4 Å². The number of piperazine rings is 1. The molecule has 3 rings (SSSR count). The first-order valence-corrected chi connectivity index (χ1v) is 10.7. The van der Waals surface area contributed by atoms with Crippen LogP contribution in [0.25, 0.3) is 0 Å². The summed E-state index contributed by atoms with van der Waals surface area (Å²) >= 11 is 0. The molecular formula is C20H21F3N2O5S. The number of nitrogens with zero attached hydrogens (tertiary/aromatic N) is 2. The summed E-state index contributed by atoms with van der Waals surface area (Å²) in [6, 6.07) is 10.3. The van der Waals surface area contributed by atoms with E-state index in [1.165, 1.54) is 56.7 Å². The Morgan fingerprint density at radius 3 is 2.00 bits per heavy atom. The summed E-state index contributed by atoms with van der Waals surface area (Å²) in [5, 5.41) is 0. The molecule has 0 spiro atoms. The Labute approximate surface area is 177 Å². The number of alkyl halides is 3. The van der Waals surface area contributed by atoms with Crippen LogP contribution >= 0.6 is 0 Å². The Hall–Kier alpha value is -2.95. The fraction of sp³-hybridized carbons (Fsp3) is 0.350. The van der Waals surface area contributed by atoms with Crippen molar-refractivity contribution in [1.82, 2.24) is 4.90 Å². The summed E-state index contributed by atoms with van der Waals surface area (Å²) in [5.41, 5.74) is 0.427. The number of halogens is 3. The topological polar surface area (TPSA) is 76.2 Å². The lowest BCUT2D eigenvalue weighted by Crippen LogP contribution is -2.52. The second-order valence-electron chi connectivity index (χ2n) is 6.79. The molecule has 1 aliphatic rings. The van der Waals surface area contributed by atoms with Crippen molar-refractivity contribution >= 4 is 21.4 Å². The van der Waals surface area contributed by atoms with Crippen molar-refractivity contribution in [3.63, 3.8) is 0 Å². The molecule has 0 aliphatic carbocycles. The van der Waals surface area contributed by atoms with Crippen LogP contribution in [0, 0.1) is 0 Å². The zero-order valence-corrected chi connectivity index (χ0v) is 17.7. The van der Waals surface area contributed by atoms with E-state index in [-0.39, 0.29) is 36.0 Å². The van der Waals surface area contributed by atoms with Gasteiger partial charge in [-0.3, -0.25) is 4.79 Å². The number of carbonyl (C=O) groups is 1. The third-order valence-electron chi connectivity index (χ3n) is 4.98. The van der Waals surface area contributed by atoms with E-state index < -0.39 is 21.9 Å². The number of amides is 1. The molecule has 1 aliphatic heterocycles. The molecule has 7 nitrogen and oxygen atoms in total. The standard InChI is InChI=1S/C20H21F3N2O5S/c1-29-14-3-5-15(6-4-14)31(27,28)16-7-8-18(30-2)17(13-16)24-9-11-25(12-10-24)19(26)20(21,22)23/h3-8,13H,9-12H2,1-2H3. The molecule has 0 radical (unpaired) electrons. The highest BCUT2D eigenvalue weighted by Gasteiger charge is 2.43. The van der Waals surface area contributed by atoms with E-state index in [1.54, 1.807) is 4.90 Å². The van der Waals surface area contributed by atoms with Gasteiger partial charge in [0.15, 0.2) is 0 Å². The van der Waals surface area contributed by atoms with Crippen molar-refractivity contribution in [2.75, 3.05) is 45.3 Å². The number of benzene rings is 2. The first-order valence-electron chi connectivity index (χ1n) is 9.26. The summed E-state index contributed by atoms with van der Waals surface area (Å²) in [6.45, 7) is -0.0810. The molecule has 0 unspecified atom stereocenters. The lowest BCUT2D eigenvalue weighted by Gasteiger charge is -2.36. The SMILES string of the molecule is COc1ccc(S(=O)(=O)c2ccc(OC)c(N3CCN(C(=O)C(F)(F)F)CC3)c2)cc1. The number of ether oxygens (including phenoxy) is 2. The molecule has 2 aromatic carbocycles. The monoisotopic (exact) mass is 458 g/mol. The Morgan fingerprint density at radius 2 is 1.48 bits per heavy atom. The molecule has 0 aromatic heterocycles. The number of anilines is 1. The van der Waals surface area contributed by atoms with E-state index in [2.05, 4.69) is 0 Å². The zero-order chi connectivity index (χ0) is 22.8. The van der Waals surface area contributed by atoms with Crippen LogP contribution in [0.3, 0.4) is 0 Å². The number of methoxy groups -OCH3 is 2. The minimum atomic E-state index is -4.92. The Bertz CT molecular complexity index is 1050. The van der Waals surface area contributed by atoms with Crippen LogP contribution in [0.1, 0.15) is 0 Å². The van der Waals surface area contributed by atoms with Gasteiger partial charge in [-0.1, -0.05) is 0 Å². The molecule has 31 heavy (non-hydrogen) atoms. The third kappa shape index (κ3) is 4.71. The van der Waals surface area contributed by atoms with Gasteiger partial charge in [0.25, 0.3) is 0 Å². The van der Waals surface area contributed by atoms with Crippen LogP contribution in [-0.2, 0) is 14.6 Å². The molecule has 2 aromatic rings. The van der Waals surface area contributed by atoms with Gasteiger partial charge in [0.2, 0.25) is 9.84 Å². The Balaban J connectivity index is 1.87. The first-order chi connectivity index (χ1) is 14.6. The molecule has 1 heterocycles. The highest BCUT2D eigenvalue weighted by molar-refractivity contribution is 7.91. The summed E-state index contributed by atoms with van der Waals surface area (Å²) in [5.74, 6) is -0.986. The van der Waals surface area contributed by atoms with Crippen LogP contribution < -0.4 is 14.4 Å². The van der Waals surface area contributed by atoms with Gasteiger partial charge < -0.3 is 19.3 Å². The number of rotatable bonds is 5. The molecule has 1 fully saturated rings. The van der Waals surface area contributed by atoms with Gasteiger partial charge in [0, 0.05) is 26.2 Å². The van der Waals surface area contributed by atoms with Crippen LogP contribution in [0.15, 0.2) is 52.3 Å². The second kappa shape index (κ2) is 8.66. The quantitative estimate of drug-likeness (QED) is 0.686. The predicted molar refractivity (Wildman–Crippen MR) is 106 cm³/mol. The molecule has 0 N–H and O–H groups in total. The van der Waals surface area contributed by atoms with Crippen molar-refractivity contribution in [1.29, 1.82) is 0 Å². The minimum absolute atomic E-state index is 0.0160. The summed E-state index contributed by atoms with van der Waals surface area (Å²) in [6.07, 6.45) is -4.92. The van der Waals surface area contributed by atoms with Crippen LogP contribution in [0.4, 0.5) is 18.9 Å². The van der Waals surface area contributed by atoms with Gasteiger partial charge in [-0.05, 0) is 42.5 Å². The predicted octanol–water partition coefficient (Wildman–Crippen LogP) is 2.75. The largest absolute Gasteiger partial charge is 0.497 e. The normalized spacial score (nSPS) is 15.0. The van der Waals surface area contributed by atoms with Crippen molar-refractivity contribution in [3.05, 3.63) is 42.5 Å². The number of carbonyl (C=O) groups excluding carboxylic acids is 1. The molecule has 0 saturated carbocycles. The van der Waals surface area contributed by atoms with E-state index in [0.717, 1.165) is 4.90 Å². The lowest BCUT2D eigenvalue weighted by molar-refractivity contribution is -0.185. The zero-order valence-electron chi connectivity index (χ0n) is 16.8. The summed E-state index contributed by atoms with van der Waals surface area (Å²) < 4.78 is 74.4. The summed E-state index contributed by atoms with van der Waals surface area (Å²) in [4.78, 5) is 14.0.